The van der Waals surface area contributed by atoms with Crippen molar-refractivity contribution in [3.8, 4) is 0 Å². The average molecular weight is 382 g/mol. The molecule has 0 saturated carbocycles. The van der Waals surface area contributed by atoms with Gasteiger partial charge in [-0.15, -0.1) is 11.3 Å². The van der Waals surface area contributed by atoms with Gasteiger partial charge in [0.05, 0.1) is 28.8 Å². The van der Waals surface area contributed by atoms with Gasteiger partial charge in [-0.25, -0.2) is 9.67 Å². The van der Waals surface area contributed by atoms with Gasteiger partial charge in [0.2, 0.25) is 0 Å². The highest BCUT2D eigenvalue weighted by atomic mass is 32.1. The molecule has 1 unspecified atom stereocenters. The third kappa shape index (κ3) is 2.39. The maximum Gasteiger partial charge on any atom is 0.291 e. The second-order valence-electron chi connectivity index (χ2n) is 6.13. The lowest BCUT2D eigenvalue weighted by Gasteiger charge is -2.05. The SMILES string of the molecule is Cn1c2nc(C(O)c3ccn[nH]3)sc2c2cnn(Cc3ccn[nH]3)c(=O)c21. The number of hydrogen-bond donors (Lipinski definition) is 3. The fourth-order valence-electron chi connectivity index (χ4n) is 3.12. The molecule has 0 radical (unpaired) electrons. The van der Waals surface area contributed by atoms with E-state index in [1.807, 2.05) is 0 Å². The van der Waals surface area contributed by atoms with E-state index < -0.39 is 6.10 Å². The van der Waals surface area contributed by atoms with Gasteiger partial charge in [0.15, 0.2) is 5.65 Å². The number of thiazole rings is 1. The topological polar surface area (TPSA) is 130 Å². The van der Waals surface area contributed by atoms with Crippen LogP contribution in [0.5, 0.6) is 0 Å². The molecule has 5 rings (SSSR count). The minimum absolute atomic E-state index is 0.203. The van der Waals surface area contributed by atoms with E-state index in [1.54, 1.807) is 42.3 Å². The highest BCUT2D eigenvalue weighted by Crippen LogP contribution is 2.34. The first kappa shape index (κ1) is 15.9. The molecule has 0 amide bonds. The third-order valence-electron chi connectivity index (χ3n) is 4.47. The maximum absolute atomic E-state index is 12.9. The first-order valence-electron chi connectivity index (χ1n) is 8.14. The van der Waals surface area contributed by atoms with Crippen LogP contribution >= 0.6 is 11.3 Å². The summed E-state index contributed by atoms with van der Waals surface area (Å²) in [5.74, 6) is 0. The lowest BCUT2D eigenvalue weighted by Crippen LogP contribution is -2.24. The Hall–Kier alpha value is -3.31. The molecule has 3 N–H and O–H groups in total. The molecule has 0 aliphatic heterocycles. The summed E-state index contributed by atoms with van der Waals surface area (Å²) < 4.78 is 3.96. The Labute approximate surface area is 155 Å². The predicted octanol–water partition coefficient (Wildman–Crippen LogP) is 0.921. The summed E-state index contributed by atoms with van der Waals surface area (Å²) in [6.07, 6.45) is 3.98. The minimum atomic E-state index is -0.895. The minimum Gasteiger partial charge on any atom is -0.380 e. The van der Waals surface area contributed by atoms with E-state index in [9.17, 15) is 9.90 Å². The predicted molar refractivity (Wildman–Crippen MR) is 98.5 cm³/mol. The first-order valence-corrected chi connectivity index (χ1v) is 8.95. The van der Waals surface area contributed by atoms with Gasteiger partial charge >= 0.3 is 0 Å². The number of nitrogens with one attached hydrogen (secondary N) is 2. The number of aliphatic hydroxyl groups excluding tert-OH is 1. The van der Waals surface area contributed by atoms with Crippen molar-refractivity contribution in [2.24, 2.45) is 7.05 Å². The zero-order valence-electron chi connectivity index (χ0n) is 14.1. The third-order valence-corrected chi connectivity index (χ3v) is 5.60. The summed E-state index contributed by atoms with van der Waals surface area (Å²) in [5, 5.41) is 29.3. The van der Waals surface area contributed by atoms with Crippen LogP contribution in [-0.2, 0) is 13.6 Å². The normalized spacial score (nSPS) is 13.0. The number of aromatic amines is 2. The molecule has 0 bridgehead atoms. The molecule has 10 nitrogen and oxygen atoms in total. The standard InChI is InChI=1S/C16H14N8O2S/c1-23-11-9(6-19-24(16(11)26)7-8-2-4-17-21-8)13-14(23)20-15(27-13)12(25)10-3-5-18-22-10/h2-6,12,25H,7H2,1H3,(H,17,21)(H,18,22). The van der Waals surface area contributed by atoms with Gasteiger partial charge < -0.3 is 9.67 Å². The van der Waals surface area contributed by atoms with E-state index in [2.05, 4.69) is 30.5 Å². The Morgan fingerprint density at radius 3 is 2.81 bits per heavy atom. The van der Waals surface area contributed by atoms with E-state index in [4.69, 9.17) is 0 Å². The molecular formula is C16H14N8O2S. The number of aliphatic hydroxyl groups is 1. The van der Waals surface area contributed by atoms with Crippen LogP contribution < -0.4 is 5.56 Å². The van der Waals surface area contributed by atoms with E-state index in [1.165, 1.54) is 16.0 Å². The summed E-state index contributed by atoms with van der Waals surface area (Å²) in [6, 6.07) is 3.50. The molecule has 1 atom stereocenters. The van der Waals surface area contributed by atoms with Crippen LogP contribution in [0, 0.1) is 0 Å². The molecule has 136 valence electrons. The van der Waals surface area contributed by atoms with E-state index in [0.29, 0.717) is 28.4 Å². The first-order chi connectivity index (χ1) is 13.1. The highest BCUT2D eigenvalue weighted by Gasteiger charge is 2.22. The number of aryl methyl sites for hydroxylation is 1. The molecule has 11 heteroatoms. The maximum atomic E-state index is 12.9. The highest BCUT2D eigenvalue weighted by molar-refractivity contribution is 7.19. The van der Waals surface area contributed by atoms with Crippen molar-refractivity contribution in [3.05, 3.63) is 57.5 Å². The molecule has 0 aliphatic carbocycles. The monoisotopic (exact) mass is 382 g/mol. The number of H-pyrrole nitrogens is 2. The van der Waals surface area contributed by atoms with Crippen molar-refractivity contribution in [2.75, 3.05) is 0 Å². The number of aromatic nitrogens is 8. The van der Waals surface area contributed by atoms with E-state index in [-0.39, 0.29) is 5.56 Å². The Morgan fingerprint density at radius 1 is 1.26 bits per heavy atom. The summed E-state index contributed by atoms with van der Waals surface area (Å²) >= 11 is 1.34. The molecule has 0 aromatic carbocycles. The largest absolute Gasteiger partial charge is 0.380 e. The van der Waals surface area contributed by atoms with Crippen LogP contribution in [0.3, 0.4) is 0 Å². The molecule has 0 aliphatic rings. The summed E-state index contributed by atoms with van der Waals surface area (Å²) in [5.41, 5.74) is 2.33. The van der Waals surface area contributed by atoms with Gasteiger partial charge in [-0.3, -0.25) is 15.0 Å². The van der Waals surface area contributed by atoms with Crippen molar-refractivity contribution in [1.82, 2.24) is 39.7 Å². The van der Waals surface area contributed by atoms with Gasteiger partial charge in [0.25, 0.3) is 5.56 Å². The van der Waals surface area contributed by atoms with Gasteiger partial charge in [-0.1, -0.05) is 0 Å². The van der Waals surface area contributed by atoms with Crippen LogP contribution in [0.4, 0.5) is 0 Å². The van der Waals surface area contributed by atoms with Gasteiger partial charge in [0.1, 0.15) is 16.6 Å². The van der Waals surface area contributed by atoms with Crippen molar-refractivity contribution in [3.63, 3.8) is 0 Å². The van der Waals surface area contributed by atoms with Gasteiger partial charge in [0, 0.05) is 24.8 Å². The molecular weight excluding hydrogens is 368 g/mol. The molecule has 27 heavy (non-hydrogen) atoms. The molecule has 5 heterocycles. The zero-order chi connectivity index (χ0) is 18.5. The quantitative estimate of drug-likeness (QED) is 0.424. The Balaban J connectivity index is 1.64. The average Bonchev–Trinajstić information content (AvgIpc) is 3.44. The van der Waals surface area contributed by atoms with E-state index >= 15 is 0 Å². The second kappa shape index (κ2) is 5.86. The van der Waals surface area contributed by atoms with E-state index in [0.717, 1.165) is 15.8 Å². The van der Waals surface area contributed by atoms with Crippen molar-refractivity contribution < 1.29 is 5.11 Å². The second-order valence-corrected chi connectivity index (χ2v) is 7.16. The van der Waals surface area contributed by atoms with Gasteiger partial charge in [-0.2, -0.15) is 15.3 Å². The van der Waals surface area contributed by atoms with Crippen LogP contribution in [0.25, 0.3) is 21.3 Å². The Morgan fingerprint density at radius 2 is 2.07 bits per heavy atom. The lowest BCUT2D eigenvalue weighted by atomic mass is 10.3. The number of fused-ring (bicyclic) bond motifs is 3. The van der Waals surface area contributed by atoms with Crippen molar-refractivity contribution in [2.45, 2.75) is 12.6 Å². The summed E-state index contributed by atoms with van der Waals surface area (Å²) in [7, 11) is 1.79. The van der Waals surface area contributed by atoms with Crippen LogP contribution in [0.1, 0.15) is 22.5 Å². The molecule has 5 aromatic rings. The summed E-state index contributed by atoms with van der Waals surface area (Å²) in [4.78, 5) is 17.5. The lowest BCUT2D eigenvalue weighted by molar-refractivity contribution is 0.215. The molecule has 0 spiro atoms. The zero-order valence-corrected chi connectivity index (χ0v) is 14.9. The molecule has 0 fully saturated rings. The van der Waals surface area contributed by atoms with Crippen LogP contribution in [-0.4, -0.2) is 44.8 Å². The smallest absolute Gasteiger partial charge is 0.291 e. The van der Waals surface area contributed by atoms with Crippen LogP contribution in [0.15, 0.2) is 35.5 Å². The summed E-state index contributed by atoms with van der Waals surface area (Å²) in [6.45, 7) is 0.310. The van der Waals surface area contributed by atoms with Gasteiger partial charge in [-0.05, 0) is 12.1 Å². The molecule has 0 saturated heterocycles. The number of rotatable bonds is 4. The van der Waals surface area contributed by atoms with Crippen molar-refractivity contribution >= 4 is 32.6 Å². The number of hydrogen-bond acceptors (Lipinski definition) is 7. The fraction of sp³-hybridized carbons (Fsp3) is 0.188. The Kier molecular flexibility index (Phi) is 3.45. The Bertz CT molecular complexity index is 1300. The number of nitrogens with zero attached hydrogens (tertiary/aromatic N) is 6. The molecule has 5 aromatic heterocycles. The van der Waals surface area contributed by atoms with Crippen molar-refractivity contribution in [1.29, 1.82) is 0 Å². The fourth-order valence-corrected chi connectivity index (χ4v) is 4.23. The van der Waals surface area contributed by atoms with Crippen LogP contribution in [0.2, 0.25) is 0 Å².